The first kappa shape index (κ1) is 16.8. The van der Waals surface area contributed by atoms with Gasteiger partial charge in [0.25, 0.3) is 0 Å². The van der Waals surface area contributed by atoms with Crippen LogP contribution in [-0.2, 0) is 4.79 Å². The minimum atomic E-state index is 0.0132. The zero-order valence-corrected chi connectivity index (χ0v) is 13.0. The Morgan fingerprint density at radius 1 is 1.35 bits per heavy atom. The smallest absolute Gasteiger partial charge is 0.224 e. The molecule has 3 N–H and O–H groups in total. The first-order valence-corrected chi connectivity index (χ1v) is 7.51. The van der Waals surface area contributed by atoms with Crippen LogP contribution in [0.25, 0.3) is 0 Å². The molecule has 0 atom stereocenters. The molecule has 0 spiro atoms. The molecule has 5 heteroatoms. The van der Waals surface area contributed by atoms with Gasteiger partial charge in [0.2, 0.25) is 5.91 Å². The monoisotopic (exact) mass is 297 g/mol. The van der Waals surface area contributed by atoms with Crippen molar-refractivity contribution in [2.24, 2.45) is 0 Å². The second kappa shape index (κ2) is 8.82. The van der Waals surface area contributed by atoms with Crippen molar-refractivity contribution in [3.8, 4) is 0 Å². The summed E-state index contributed by atoms with van der Waals surface area (Å²) in [5.41, 5.74) is 6.87. The molecule has 20 heavy (non-hydrogen) atoms. The van der Waals surface area contributed by atoms with Crippen molar-refractivity contribution in [1.29, 1.82) is 0 Å². The number of nitrogens with zero attached hydrogens (tertiary/aromatic N) is 1. The van der Waals surface area contributed by atoms with E-state index in [1.807, 2.05) is 0 Å². The Hall–Kier alpha value is -1.26. The van der Waals surface area contributed by atoms with Gasteiger partial charge in [0, 0.05) is 12.1 Å². The van der Waals surface area contributed by atoms with E-state index in [2.05, 4.69) is 24.1 Å². The van der Waals surface area contributed by atoms with Crippen molar-refractivity contribution in [3.05, 3.63) is 23.2 Å². The molecule has 0 bridgehead atoms. The SMILES string of the molecule is CCCN(CC)CCCC(=O)Nc1ccc(Cl)c(N)c1. The summed E-state index contributed by atoms with van der Waals surface area (Å²) in [7, 11) is 0. The summed E-state index contributed by atoms with van der Waals surface area (Å²) in [5.74, 6) is 0.0132. The molecule has 0 fully saturated rings. The van der Waals surface area contributed by atoms with Gasteiger partial charge in [-0.3, -0.25) is 4.79 Å². The Morgan fingerprint density at radius 3 is 2.70 bits per heavy atom. The van der Waals surface area contributed by atoms with E-state index in [0.29, 0.717) is 22.8 Å². The first-order chi connectivity index (χ1) is 9.56. The van der Waals surface area contributed by atoms with Crippen molar-refractivity contribution in [2.45, 2.75) is 33.1 Å². The molecule has 0 saturated heterocycles. The maximum absolute atomic E-state index is 11.8. The van der Waals surface area contributed by atoms with Crippen LogP contribution in [0.2, 0.25) is 5.02 Å². The second-order valence-corrected chi connectivity index (χ2v) is 5.23. The molecule has 1 aromatic carbocycles. The number of anilines is 2. The number of hydrogen-bond donors (Lipinski definition) is 2. The number of nitrogens with one attached hydrogen (secondary N) is 1. The Labute approximate surface area is 126 Å². The fourth-order valence-electron chi connectivity index (χ4n) is 2.05. The summed E-state index contributed by atoms with van der Waals surface area (Å²) in [5, 5.41) is 3.34. The minimum Gasteiger partial charge on any atom is -0.397 e. The third kappa shape index (κ3) is 5.80. The molecule has 0 unspecified atom stereocenters. The van der Waals surface area contributed by atoms with Gasteiger partial charge in [0.15, 0.2) is 0 Å². The summed E-state index contributed by atoms with van der Waals surface area (Å²) in [6.45, 7) is 7.39. The van der Waals surface area contributed by atoms with Gasteiger partial charge in [0.1, 0.15) is 0 Å². The third-order valence-corrected chi connectivity index (χ3v) is 3.49. The van der Waals surface area contributed by atoms with Crippen LogP contribution >= 0.6 is 11.6 Å². The number of carbonyl (C=O) groups is 1. The molecular weight excluding hydrogens is 274 g/mol. The summed E-state index contributed by atoms with van der Waals surface area (Å²) >= 11 is 5.84. The highest BCUT2D eigenvalue weighted by Gasteiger charge is 2.06. The quantitative estimate of drug-likeness (QED) is 0.723. The molecule has 0 aromatic heterocycles. The van der Waals surface area contributed by atoms with E-state index in [1.54, 1.807) is 18.2 Å². The van der Waals surface area contributed by atoms with Gasteiger partial charge >= 0.3 is 0 Å². The maximum Gasteiger partial charge on any atom is 0.224 e. The number of benzene rings is 1. The Morgan fingerprint density at radius 2 is 2.10 bits per heavy atom. The summed E-state index contributed by atoms with van der Waals surface area (Å²) in [6.07, 6.45) is 2.52. The van der Waals surface area contributed by atoms with E-state index < -0.39 is 0 Å². The van der Waals surface area contributed by atoms with Crippen molar-refractivity contribution < 1.29 is 4.79 Å². The van der Waals surface area contributed by atoms with Crippen molar-refractivity contribution in [3.63, 3.8) is 0 Å². The standard InChI is InChI=1S/C15H24ClN3O/c1-3-9-19(4-2)10-5-6-15(20)18-12-7-8-13(16)14(17)11-12/h7-8,11H,3-6,9-10,17H2,1-2H3,(H,18,20). The summed E-state index contributed by atoms with van der Waals surface area (Å²) < 4.78 is 0. The predicted molar refractivity (Wildman–Crippen MR) is 86.1 cm³/mol. The van der Waals surface area contributed by atoms with Crippen LogP contribution in [0.4, 0.5) is 11.4 Å². The zero-order valence-electron chi connectivity index (χ0n) is 12.3. The lowest BCUT2D eigenvalue weighted by Crippen LogP contribution is -2.26. The highest BCUT2D eigenvalue weighted by atomic mass is 35.5. The van der Waals surface area contributed by atoms with Gasteiger partial charge in [-0.1, -0.05) is 25.4 Å². The molecule has 0 heterocycles. The molecule has 1 rings (SSSR count). The molecule has 1 aromatic rings. The van der Waals surface area contributed by atoms with Gasteiger partial charge in [-0.15, -0.1) is 0 Å². The minimum absolute atomic E-state index is 0.0132. The fourth-order valence-corrected chi connectivity index (χ4v) is 2.17. The number of hydrogen-bond acceptors (Lipinski definition) is 3. The van der Waals surface area contributed by atoms with Crippen LogP contribution < -0.4 is 11.1 Å². The molecule has 0 aliphatic carbocycles. The molecule has 0 aliphatic rings. The molecule has 1 amide bonds. The van der Waals surface area contributed by atoms with E-state index in [9.17, 15) is 4.79 Å². The van der Waals surface area contributed by atoms with Crippen molar-refractivity contribution in [2.75, 3.05) is 30.7 Å². The average molecular weight is 298 g/mol. The van der Waals surface area contributed by atoms with Crippen molar-refractivity contribution in [1.82, 2.24) is 4.90 Å². The first-order valence-electron chi connectivity index (χ1n) is 7.14. The molecule has 0 radical (unpaired) electrons. The lowest BCUT2D eigenvalue weighted by atomic mass is 10.2. The van der Waals surface area contributed by atoms with Crippen LogP contribution in [0.1, 0.15) is 33.1 Å². The number of amides is 1. The highest BCUT2D eigenvalue weighted by molar-refractivity contribution is 6.33. The lowest BCUT2D eigenvalue weighted by molar-refractivity contribution is -0.116. The molecule has 112 valence electrons. The second-order valence-electron chi connectivity index (χ2n) is 4.82. The highest BCUT2D eigenvalue weighted by Crippen LogP contribution is 2.22. The fraction of sp³-hybridized carbons (Fsp3) is 0.533. The van der Waals surface area contributed by atoms with Gasteiger partial charge in [0.05, 0.1) is 10.7 Å². The molecular formula is C15H24ClN3O. The van der Waals surface area contributed by atoms with Crippen LogP contribution in [0.3, 0.4) is 0 Å². The topological polar surface area (TPSA) is 58.4 Å². The molecule has 4 nitrogen and oxygen atoms in total. The summed E-state index contributed by atoms with van der Waals surface area (Å²) in [6, 6.07) is 5.12. The number of nitrogens with two attached hydrogens (primary N) is 1. The van der Waals surface area contributed by atoms with Crippen LogP contribution in [0.15, 0.2) is 18.2 Å². The van der Waals surface area contributed by atoms with E-state index in [1.165, 1.54) is 0 Å². The summed E-state index contributed by atoms with van der Waals surface area (Å²) in [4.78, 5) is 14.2. The number of rotatable bonds is 8. The predicted octanol–water partition coefficient (Wildman–Crippen LogP) is 3.37. The van der Waals surface area contributed by atoms with Gasteiger partial charge in [-0.25, -0.2) is 0 Å². The maximum atomic E-state index is 11.8. The Kier molecular flexibility index (Phi) is 7.41. The van der Waals surface area contributed by atoms with Gasteiger partial charge in [-0.2, -0.15) is 0 Å². The number of halogens is 1. The normalized spacial score (nSPS) is 10.8. The van der Waals surface area contributed by atoms with Crippen LogP contribution in [0.5, 0.6) is 0 Å². The van der Waals surface area contributed by atoms with E-state index in [4.69, 9.17) is 17.3 Å². The number of nitrogen functional groups attached to an aromatic ring is 1. The lowest BCUT2D eigenvalue weighted by Gasteiger charge is -2.19. The number of carbonyl (C=O) groups excluding carboxylic acids is 1. The zero-order chi connectivity index (χ0) is 15.0. The van der Waals surface area contributed by atoms with E-state index in [-0.39, 0.29) is 5.91 Å². The largest absolute Gasteiger partial charge is 0.397 e. The van der Waals surface area contributed by atoms with Crippen LogP contribution in [-0.4, -0.2) is 30.4 Å². The average Bonchev–Trinajstić information content (AvgIpc) is 2.42. The van der Waals surface area contributed by atoms with Crippen LogP contribution in [0, 0.1) is 0 Å². The van der Waals surface area contributed by atoms with Gasteiger partial charge < -0.3 is 16.0 Å². The Bertz CT molecular complexity index is 437. The molecule has 0 aliphatic heterocycles. The van der Waals surface area contributed by atoms with E-state index >= 15 is 0 Å². The molecule has 0 saturated carbocycles. The van der Waals surface area contributed by atoms with Crippen molar-refractivity contribution >= 4 is 28.9 Å². The van der Waals surface area contributed by atoms with E-state index in [0.717, 1.165) is 32.5 Å². The third-order valence-electron chi connectivity index (χ3n) is 3.14. The Balaban J connectivity index is 2.34. The van der Waals surface area contributed by atoms with Gasteiger partial charge in [-0.05, 0) is 50.7 Å².